The molecule has 148 valence electrons. The van der Waals surface area contributed by atoms with Gasteiger partial charge in [0.05, 0.1) is 18.8 Å². The Morgan fingerprint density at radius 1 is 1.18 bits per heavy atom. The molecule has 1 fully saturated rings. The molecule has 2 aliphatic rings. The van der Waals surface area contributed by atoms with Crippen molar-refractivity contribution in [2.24, 2.45) is 5.41 Å². The van der Waals surface area contributed by atoms with Gasteiger partial charge in [-0.3, -0.25) is 4.79 Å². The van der Waals surface area contributed by atoms with E-state index in [1.54, 1.807) is 13.2 Å². The zero-order valence-corrected chi connectivity index (χ0v) is 17.0. The van der Waals surface area contributed by atoms with Gasteiger partial charge in [-0.25, -0.2) is 0 Å². The average Bonchev–Trinajstić information content (AvgIpc) is 3.18. The molecule has 1 amide bonds. The summed E-state index contributed by atoms with van der Waals surface area (Å²) in [5, 5.41) is 13.3. The summed E-state index contributed by atoms with van der Waals surface area (Å²) in [5.74, 6) is 1.94. The molecule has 2 aromatic carbocycles. The lowest BCUT2D eigenvalue weighted by Gasteiger charge is -2.44. The van der Waals surface area contributed by atoms with Crippen molar-refractivity contribution in [1.29, 1.82) is 0 Å². The van der Waals surface area contributed by atoms with Gasteiger partial charge in [-0.1, -0.05) is 30.3 Å². The van der Waals surface area contributed by atoms with Gasteiger partial charge in [0.2, 0.25) is 0 Å². The van der Waals surface area contributed by atoms with Gasteiger partial charge >= 0.3 is 0 Å². The number of hydrogen-bond acceptors (Lipinski definition) is 4. The number of aliphatic hydroxyl groups excluding tert-OH is 1. The summed E-state index contributed by atoms with van der Waals surface area (Å²) in [6.07, 6.45) is 3.24. The first kappa shape index (κ1) is 19.3. The van der Waals surface area contributed by atoms with Crippen molar-refractivity contribution in [1.82, 2.24) is 5.32 Å². The van der Waals surface area contributed by atoms with Crippen molar-refractivity contribution in [2.45, 2.75) is 42.6 Å². The Kier molecular flexibility index (Phi) is 5.65. The van der Waals surface area contributed by atoms with Crippen LogP contribution in [0, 0.1) is 5.41 Å². The monoisotopic (exact) mass is 397 g/mol. The first-order valence-corrected chi connectivity index (χ1v) is 10.9. The zero-order chi connectivity index (χ0) is 19.6. The molecule has 1 heterocycles. The van der Waals surface area contributed by atoms with Crippen LogP contribution in [0.4, 0.5) is 0 Å². The summed E-state index contributed by atoms with van der Waals surface area (Å²) in [5.41, 5.74) is 1.95. The molecule has 2 N–H and O–H groups in total. The number of carbonyl (C=O) groups is 1. The molecule has 1 unspecified atom stereocenters. The summed E-state index contributed by atoms with van der Waals surface area (Å²) < 4.78 is 5.35. The van der Waals surface area contributed by atoms with Crippen molar-refractivity contribution in [3.05, 3.63) is 59.7 Å². The normalized spacial score (nSPS) is 26.5. The zero-order valence-electron chi connectivity index (χ0n) is 16.2. The topological polar surface area (TPSA) is 58.6 Å². The minimum absolute atomic E-state index is 0.0174. The van der Waals surface area contributed by atoms with E-state index in [4.69, 9.17) is 4.74 Å². The number of rotatable bonds is 5. The van der Waals surface area contributed by atoms with Crippen LogP contribution in [0.5, 0.6) is 5.75 Å². The summed E-state index contributed by atoms with van der Waals surface area (Å²) in [7, 11) is 1.59. The maximum Gasteiger partial charge on any atom is 0.255 e. The molecule has 0 saturated heterocycles. The summed E-state index contributed by atoms with van der Waals surface area (Å²) in [4.78, 5) is 14.2. The first-order chi connectivity index (χ1) is 13.6. The summed E-state index contributed by atoms with van der Waals surface area (Å²) in [6.45, 7) is 0.621. The van der Waals surface area contributed by atoms with E-state index in [9.17, 15) is 9.90 Å². The lowest BCUT2D eigenvalue weighted by atomic mass is 9.63. The number of aliphatic hydroxyl groups is 1. The van der Waals surface area contributed by atoms with Crippen molar-refractivity contribution < 1.29 is 14.6 Å². The highest BCUT2D eigenvalue weighted by molar-refractivity contribution is 7.99. The summed E-state index contributed by atoms with van der Waals surface area (Å²) >= 11 is 1.91. The van der Waals surface area contributed by atoms with Crippen molar-refractivity contribution in [3.63, 3.8) is 0 Å². The van der Waals surface area contributed by atoms with Crippen LogP contribution in [0.1, 0.15) is 47.5 Å². The van der Waals surface area contributed by atoms with E-state index >= 15 is 0 Å². The van der Waals surface area contributed by atoms with E-state index in [0.29, 0.717) is 23.8 Å². The predicted octanol–water partition coefficient (Wildman–Crippen LogP) is 4.24. The molecule has 4 nitrogen and oxygen atoms in total. The smallest absolute Gasteiger partial charge is 0.255 e. The SMILES string of the molecule is COc1ccccc1C(=O)NC[C@]1(C2CSc3ccccc32)CC[C@H](O)CC1. The van der Waals surface area contributed by atoms with E-state index < -0.39 is 0 Å². The fourth-order valence-electron chi connectivity index (χ4n) is 4.68. The molecule has 1 aliphatic carbocycles. The molecular weight excluding hydrogens is 370 g/mol. The Morgan fingerprint density at radius 3 is 2.68 bits per heavy atom. The quantitative estimate of drug-likeness (QED) is 0.792. The standard InChI is InChI=1S/C23H27NO3S/c1-27-20-8-4-2-7-18(20)22(26)24-15-23(12-10-16(25)11-13-23)19-14-28-21-9-5-3-6-17(19)21/h2-9,16,19,25H,10-15H2,1H3,(H,24,26)/t16-,19?,23-. The average molecular weight is 398 g/mol. The van der Waals surface area contributed by atoms with Crippen molar-refractivity contribution in [3.8, 4) is 5.75 Å². The van der Waals surface area contributed by atoms with Crippen LogP contribution in [0.15, 0.2) is 53.4 Å². The van der Waals surface area contributed by atoms with E-state index in [1.165, 1.54) is 10.5 Å². The molecule has 2 aromatic rings. The molecule has 1 saturated carbocycles. The van der Waals surface area contributed by atoms with Crippen LogP contribution in [0.3, 0.4) is 0 Å². The van der Waals surface area contributed by atoms with Crippen LogP contribution in [0.2, 0.25) is 0 Å². The highest BCUT2D eigenvalue weighted by Crippen LogP contribution is 2.54. The van der Waals surface area contributed by atoms with Gasteiger partial charge in [0, 0.05) is 23.1 Å². The minimum Gasteiger partial charge on any atom is -0.496 e. The van der Waals surface area contributed by atoms with Gasteiger partial charge < -0.3 is 15.2 Å². The van der Waals surface area contributed by atoms with Crippen LogP contribution in [-0.4, -0.2) is 36.5 Å². The number of hydrogen-bond donors (Lipinski definition) is 2. The van der Waals surface area contributed by atoms with Gasteiger partial charge in [0.25, 0.3) is 5.91 Å². The van der Waals surface area contributed by atoms with Crippen LogP contribution >= 0.6 is 11.8 Å². The Hall–Kier alpha value is -1.98. The molecule has 1 atom stereocenters. The van der Waals surface area contributed by atoms with Crippen molar-refractivity contribution >= 4 is 17.7 Å². The minimum atomic E-state index is -0.220. The third kappa shape index (κ3) is 3.65. The number of fused-ring (bicyclic) bond motifs is 1. The maximum absolute atomic E-state index is 12.9. The number of ether oxygens (including phenoxy) is 1. The fourth-order valence-corrected chi connectivity index (χ4v) is 6.11. The van der Waals surface area contributed by atoms with Gasteiger partial charge in [-0.15, -0.1) is 11.8 Å². The molecular formula is C23H27NO3S. The molecule has 0 spiro atoms. The third-order valence-corrected chi connectivity index (χ3v) is 7.53. The second kappa shape index (κ2) is 8.18. The molecule has 1 aliphatic heterocycles. The lowest BCUT2D eigenvalue weighted by molar-refractivity contribution is 0.0482. The van der Waals surface area contributed by atoms with E-state index in [1.807, 2.05) is 30.0 Å². The largest absolute Gasteiger partial charge is 0.496 e. The Balaban J connectivity index is 1.57. The van der Waals surface area contributed by atoms with Crippen molar-refractivity contribution in [2.75, 3.05) is 19.4 Å². The summed E-state index contributed by atoms with van der Waals surface area (Å²) in [6, 6.07) is 16.0. The molecule has 0 radical (unpaired) electrons. The van der Waals surface area contributed by atoms with Gasteiger partial charge in [-0.2, -0.15) is 0 Å². The van der Waals surface area contributed by atoms with E-state index in [0.717, 1.165) is 31.4 Å². The number of benzene rings is 2. The highest BCUT2D eigenvalue weighted by Gasteiger charge is 2.45. The number of carbonyl (C=O) groups excluding carboxylic acids is 1. The molecule has 0 bridgehead atoms. The second-order valence-corrected chi connectivity index (χ2v) is 8.94. The number of thioether (sulfide) groups is 1. The maximum atomic E-state index is 12.9. The number of amides is 1. The number of para-hydroxylation sites is 1. The number of methoxy groups -OCH3 is 1. The molecule has 0 aromatic heterocycles. The van der Waals surface area contributed by atoms with Gasteiger partial charge in [0.1, 0.15) is 5.75 Å². The Bertz CT molecular complexity index is 845. The second-order valence-electron chi connectivity index (χ2n) is 7.88. The van der Waals surface area contributed by atoms with Gasteiger partial charge in [-0.05, 0) is 54.9 Å². The van der Waals surface area contributed by atoms with E-state index in [2.05, 4.69) is 29.6 Å². The van der Waals surface area contributed by atoms with Crippen LogP contribution in [-0.2, 0) is 0 Å². The third-order valence-electron chi connectivity index (χ3n) is 6.34. The lowest BCUT2D eigenvalue weighted by Crippen LogP contribution is -2.45. The molecule has 28 heavy (non-hydrogen) atoms. The fraction of sp³-hybridized carbons (Fsp3) is 0.435. The first-order valence-electron chi connectivity index (χ1n) is 9.94. The van der Waals surface area contributed by atoms with Crippen LogP contribution in [0.25, 0.3) is 0 Å². The molecule has 4 rings (SSSR count). The Morgan fingerprint density at radius 2 is 1.89 bits per heavy atom. The van der Waals surface area contributed by atoms with E-state index in [-0.39, 0.29) is 17.4 Å². The van der Waals surface area contributed by atoms with Crippen LogP contribution < -0.4 is 10.1 Å². The predicted molar refractivity (Wildman–Crippen MR) is 112 cm³/mol. The highest BCUT2D eigenvalue weighted by atomic mass is 32.2. The van der Waals surface area contributed by atoms with Gasteiger partial charge in [0.15, 0.2) is 0 Å². The Labute approximate surface area is 170 Å². The number of nitrogens with one attached hydrogen (secondary N) is 1. The molecule has 5 heteroatoms.